The summed E-state index contributed by atoms with van der Waals surface area (Å²) in [7, 11) is 0. The van der Waals surface area contributed by atoms with Gasteiger partial charge in [0, 0.05) is 17.3 Å². The molecule has 0 saturated heterocycles. The maximum Gasteiger partial charge on any atom is 0.419 e. The van der Waals surface area contributed by atoms with E-state index in [4.69, 9.17) is 17.3 Å². The third-order valence-electron chi connectivity index (χ3n) is 2.75. The molecule has 0 saturated carbocycles. The standard InChI is InChI=1S/C13H13ClF3N3/c1-8(18)4-9-2-3-11(14)5-12(9)20-7-10(6-19-20)13(15,16)17/h2-3,5-8H,4,18H2,1H3. The number of nitrogens with two attached hydrogens (primary N) is 1. The van der Waals surface area contributed by atoms with Crippen molar-refractivity contribution in [3.63, 3.8) is 0 Å². The van der Waals surface area contributed by atoms with Crippen molar-refractivity contribution in [1.29, 1.82) is 0 Å². The van der Waals surface area contributed by atoms with Crippen LogP contribution in [0.25, 0.3) is 5.69 Å². The minimum Gasteiger partial charge on any atom is -0.328 e. The summed E-state index contributed by atoms with van der Waals surface area (Å²) >= 11 is 5.91. The second kappa shape index (κ2) is 5.46. The molecule has 0 aliphatic rings. The summed E-state index contributed by atoms with van der Waals surface area (Å²) in [6.45, 7) is 1.82. The summed E-state index contributed by atoms with van der Waals surface area (Å²) in [6.07, 6.45) is -2.17. The van der Waals surface area contributed by atoms with Crippen molar-refractivity contribution in [2.75, 3.05) is 0 Å². The zero-order valence-electron chi connectivity index (χ0n) is 10.7. The Hall–Kier alpha value is -1.53. The minimum absolute atomic E-state index is 0.118. The topological polar surface area (TPSA) is 43.8 Å². The molecule has 1 unspecified atom stereocenters. The lowest BCUT2D eigenvalue weighted by Gasteiger charge is -2.12. The van der Waals surface area contributed by atoms with Crippen molar-refractivity contribution in [2.24, 2.45) is 5.73 Å². The van der Waals surface area contributed by atoms with Gasteiger partial charge in [-0.05, 0) is 31.0 Å². The highest BCUT2D eigenvalue weighted by Crippen LogP contribution is 2.30. The van der Waals surface area contributed by atoms with Crippen LogP contribution in [0.2, 0.25) is 5.02 Å². The predicted octanol–water partition coefficient (Wildman–Crippen LogP) is 3.43. The summed E-state index contributed by atoms with van der Waals surface area (Å²) in [4.78, 5) is 0. The normalized spacial score (nSPS) is 13.5. The molecule has 20 heavy (non-hydrogen) atoms. The summed E-state index contributed by atoms with van der Waals surface area (Å²) in [5.41, 5.74) is 6.24. The fourth-order valence-electron chi connectivity index (χ4n) is 1.87. The molecule has 1 atom stereocenters. The van der Waals surface area contributed by atoms with Crippen LogP contribution < -0.4 is 5.73 Å². The second-order valence-corrected chi connectivity index (χ2v) is 5.06. The molecule has 108 valence electrons. The first-order valence-corrected chi connectivity index (χ1v) is 6.31. The molecule has 2 N–H and O–H groups in total. The Morgan fingerprint density at radius 3 is 2.65 bits per heavy atom. The highest BCUT2D eigenvalue weighted by Gasteiger charge is 2.32. The molecule has 2 aromatic rings. The van der Waals surface area contributed by atoms with Crippen molar-refractivity contribution < 1.29 is 13.2 Å². The van der Waals surface area contributed by atoms with Gasteiger partial charge in [-0.25, -0.2) is 4.68 Å². The third-order valence-corrected chi connectivity index (χ3v) is 2.98. The van der Waals surface area contributed by atoms with Crippen LogP contribution in [0.5, 0.6) is 0 Å². The molecule has 7 heteroatoms. The van der Waals surface area contributed by atoms with Gasteiger partial charge < -0.3 is 5.73 Å². The second-order valence-electron chi connectivity index (χ2n) is 4.63. The van der Waals surface area contributed by atoms with E-state index in [0.717, 1.165) is 18.0 Å². The highest BCUT2D eigenvalue weighted by molar-refractivity contribution is 6.30. The molecule has 1 aromatic carbocycles. The van der Waals surface area contributed by atoms with E-state index in [1.807, 2.05) is 6.92 Å². The van der Waals surface area contributed by atoms with Gasteiger partial charge in [-0.1, -0.05) is 17.7 Å². The number of aromatic nitrogens is 2. The van der Waals surface area contributed by atoms with E-state index < -0.39 is 11.7 Å². The van der Waals surface area contributed by atoms with Crippen LogP contribution in [-0.2, 0) is 12.6 Å². The molecule has 1 heterocycles. The number of alkyl halides is 3. The van der Waals surface area contributed by atoms with Crippen molar-refractivity contribution in [3.8, 4) is 5.69 Å². The van der Waals surface area contributed by atoms with Crippen LogP contribution in [0.3, 0.4) is 0 Å². The van der Waals surface area contributed by atoms with Gasteiger partial charge in [-0.2, -0.15) is 18.3 Å². The zero-order chi connectivity index (χ0) is 14.9. The maximum absolute atomic E-state index is 12.6. The van der Waals surface area contributed by atoms with Gasteiger partial charge in [0.2, 0.25) is 0 Å². The molecule has 0 radical (unpaired) electrons. The van der Waals surface area contributed by atoms with Crippen LogP contribution in [0.4, 0.5) is 13.2 Å². The summed E-state index contributed by atoms with van der Waals surface area (Å²) in [5.74, 6) is 0. The van der Waals surface area contributed by atoms with Crippen LogP contribution in [0.1, 0.15) is 18.1 Å². The number of benzene rings is 1. The fraction of sp³-hybridized carbons (Fsp3) is 0.308. The van der Waals surface area contributed by atoms with Gasteiger partial charge in [0.25, 0.3) is 0 Å². The largest absolute Gasteiger partial charge is 0.419 e. The Kier molecular flexibility index (Phi) is 4.06. The molecular formula is C13H13ClF3N3. The van der Waals surface area contributed by atoms with E-state index in [0.29, 0.717) is 17.1 Å². The quantitative estimate of drug-likeness (QED) is 0.944. The van der Waals surface area contributed by atoms with Gasteiger partial charge in [0.05, 0.1) is 17.4 Å². The molecule has 3 nitrogen and oxygen atoms in total. The first kappa shape index (κ1) is 14.9. The van der Waals surface area contributed by atoms with Crippen molar-refractivity contribution in [1.82, 2.24) is 9.78 Å². The molecule has 0 amide bonds. The van der Waals surface area contributed by atoms with Gasteiger partial charge in [-0.3, -0.25) is 0 Å². The third kappa shape index (κ3) is 3.32. The van der Waals surface area contributed by atoms with Gasteiger partial charge in [-0.15, -0.1) is 0 Å². The molecule has 0 aliphatic carbocycles. The lowest BCUT2D eigenvalue weighted by atomic mass is 10.1. The number of hydrogen-bond donors (Lipinski definition) is 1. The van der Waals surface area contributed by atoms with E-state index in [2.05, 4.69) is 5.10 Å². The highest BCUT2D eigenvalue weighted by atomic mass is 35.5. The lowest BCUT2D eigenvalue weighted by molar-refractivity contribution is -0.137. The van der Waals surface area contributed by atoms with Crippen LogP contribution >= 0.6 is 11.6 Å². The Balaban J connectivity index is 2.45. The molecule has 1 aromatic heterocycles. The van der Waals surface area contributed by atoms with Crippen molar-refractivity contribution in [2.45, 2.75) is 25.6 Å². The smallest absolute Gasteiger partial charge is 0.328 e. The van der Waals surface area contributed by atoms with Crippen molar-refractivity contribution >= 4 is 11.6 Å². The Morgan fingerprint density at radius 1 is 1.40 bits per heavy atom. The number of halogens is 4. The molecule has 0 fully saturated rings. The van der Waals surface area contributed by atoms with Crippen LogP contribution in [0.15, 0.2) is 30.6 Å². The van der Waals surface area contributed by atoms with Gasteiger partial charge >= 0.3 is 6.18 Å². The lowest BCUT2D eigenvalue weighted by Crippen LogP contribution is -2.19. The number of rotatable bonds is 3. The summed E-state index contributed by atoms with van der Waals surface area (Å²) < 4.78 is 39.0. The maximum atomic E-state index is 12.6. The summed E-state index contributed by atoms with van der Waals surface area (Å²) in [6, 6.07) is 4.88. The molecule has 0 spiro atoms. The van der Waals surface area contributed by atoms with E-state index in [1.165, 1.54) is 4.68 Å². The first-order valence-electron chi connectivity index (χ1n) is 5.93. The Morgan fingerprint density at radius 2 is 2.10 bits per heavy atom. The number of hydrogen-bond acceptors (Lipinski definition) is 2. The average Bonchev–Trinajstić information content (AvgIpc) is 2.80. The molecule has 0 aliphatic heterocycles. The van der Waals surface area contributed by atoms with Gasteiger partial charge in [0.1, 0.15) is 0 Å². The molecule has 0 bridgehead atoms. The summed E-state index contributed by atoms with van der Waals surface area (Å²) in [5, 5.41) is 4.19. The predicted molar refractivity (Wildman–Crippen MR) is 70.9 cm³/mol. The van der Waals surface area contributed by atoms with Gasteiger partial charge in [0.15, 0.2) is 0 Å². The SMILES string of the molecule is CC(N)Cc1ccc(Cl)cc1-n1cc(C(F)(F)F)cn1. The van der Waals surface area contributed by atoms with E-state index in [1.54, 1.807) is 18.2 Å². The van der Waals surface area contributed by atoms with Crippen molar-refractivity contribution in [3.05, 3.63) is 46.7 Å². The monoisotopic (exact) mass is 303 g/mol. The first-order chi connectivity index (χ1) is 9.27. The Bertz CT molecular complexity index is 605. The number of nitrogens with zero attached hydrogens (tertiary/aromatic N) is 2. The van der Waals surface area contributed by atoms with E-state index in [-0.39, 0.29) is 6.04 Å². The fourth-order valence-corrected chi connectivity index (χ4v) is 2.04. The molecule has 2 rings (SSSR count). The Labute approximate surface area is 119 Å². The zero-order valence-corrected chi connectivity index (χ0v) is 11.4. The molecular weight excluding hydrogens is 291 g/mol. The van der Waals surface area contributed by atoms with E-state index in [9.17, 15) is 13.2 Å². The van der Waals surface area contributed by atoms with Crippen LogP contribution in [-0.4, -0.2) is 15.8 Å². The van der Waals surface area contributed by atoms with E-state index >= 15 is 0 Å². The van der Waals surface area contributed by atoms with Crippen LogP contribution in [0, 0.1) is 0 Å². The minimum atomic E-state index is -4.42. The average molecular weight is 304 g/mol.